The molecule has 12 nitrogen and oxygen atoms in total. The third-order valence-corrected chi connectivity index (χ3v) is 8.16. The molecule has 6 rings (SSSR count). The Labute approximate surface area is 231 Å². The average molecular weight is 553 g/mol. The van der Waals surface area contributed by atoms with Gasteiger partial charge in [0.25, 0.3) is 0 Å². The summed E-state index contributed by atoms with van der Waals surface area (Å²) in [4.78, 5) is 16.3. The maximum absolute atomic E-state index is 14.6. The molecule has 13 heteroatoms. The summed E-state index contributed by atoms with van der Waals surface area (Å²) in [6.45, 7) is 4.08. The van der Waals surface area contributed by atoms with E-state index in [1.807, 2.05) is 77.6 Å². The number of rotatable bonds is 7. The van der Waals surface area contributed by atoms with E-state index in [9.17, 15) is 4.79 Å². The number of hydrazine groups is 2. The van der Waals surface area contributed by atoms with E-state index >= 15 is 0 Å². The molecule has 0 spiro atoms. The number of aromatic nitrogens is 3. The van der Waals surface area contributed by atoms with Crippen molar-refractivity contribution in [3.8, 4) is 5.75 Å². The number of carbonyl (C=O) groups excluding carboxylic acids is 1. The molecule has 0 saturated carbocycles. The highest BCUT2D eigenvalue weighted by Gasteiger charge is 2.54. The molecule has 2 aromatic carbocycles. The number of carbonyl (C=O) groups is 1. The van der Waals surface area contributed by atoms with Crippen LogP contribution in [0.15, 0.2) is 66.1 Å². The highest BCUT2D eigenvalue weighted by atomic mass is 32.2. The summed E-state index contributed by atoms with van der Waals surface area (Å²) in [5.74, 6) is 0.771. The largest absolute Gasteiger partial charge is 0.496 e. The zero-order chi connectivity index (χ0) is 26.9. The molecule has 0 aliphatic carbocycles. The van der Waals surface area contributed by atoms with Crippen LogP contribution in [0.1, 0.15) is 30.3 Å². The lowest BCUT2D eigenvalue weighted by Crippen LogP contribution is -2.58. The molecule has 1 aromatic heterocycles. The van der Waals surface area contributed by atoms with Crippen LogP contribution >= 0.6 is 11.9 Å². The van der Waals surface area contributed by atoms with E-state index in [2.05, 4.69) is 20.5 Å². The first kappa shape index (κ1) is 26.0. The molecule has 2 amide bonds. The molecule has 0 bridgehead atoms. The lowest BCUT2D eigenvalue weighted by Gasteiger charge is -2.43. The van der Waals surface area contributed by atoms with Crippen molar-refractivity contribution in [3.05, 3.63) is 72.1 Å². The lowest BCUT2D eigenvalue weighted by molar-refractivity contribution is -0.118. The minimum absolute atomic E-state index is 0.169. The molecule has 206 valence electrons. The molecule has 3 aromatic rings. The van der Waals surface area contributed by atoms with Gasteiger partial charge in [0.15, 0.2) is 12.5 Å². The number of nitrogens with one attached hydrogen (secondary N) is 1. The van der Waals surface area contributed by atoms with E-state index in [1.54, 1.807) is 23.5 Å². The Hall–Kier alpha value is -3.20. The number of piperazine rings is 1. The minimum Gasteiger partial charge on any atom is -0.496 e. The van der Waals surface area contributed by atoms with Gasteiger partial charge in [-0.2, -0.15) is 10.1 Å². The average Bonchev–Trinajstić information content (AvgIpc) is 3.66. The fraction of sp³-hybridized carbons (Fsp3) is 0.423. The minimum atomic E-state index is -0.557. The first-order valence-corrected chi connectivity index (χ1v) is 13.7. The summed E-state index contributed by atoms with van der Waals surface area (Å²) in [6.07, 6.45) is 0.192. The Morgan fingerprint density at radius 2 is 1.92 bits per heavy atom. The number of amides is 2. The van der Waals surface area contributed by atoms with Crippen molar-refractivity contribution in [3.63, 3.8) is 0 Å². The van der Waals surface area contributed by atoms with Crippen LogP contribution in [0.5, 0.6) is 5.75 Å². The normalized spacial score (nSPS) is 26.5. The van der Waals surface area contributed by atoms with Crippen molar-refractivity contribution in [2.75, 3.05) is 33.4 Å². The van der Waals surface area contributed by atoms with Crippen LogP contribution in [0.4, 0.5) is 4.79 Å². The van der Waals surface area contributed by atoms with E-state index in [1.165, 1.54) is 11.9 Å². The fourth-order valence-corrected chi connectivity index (χ4v) is 6.23. The number of para-hydroxylation sites is 1. The number of aryl methyl sites for hydroxylation is 1. The predicted molar refractivity (Wildman–Crippen MR) is 143 cm³/mol. The fourth-order valence-electron chi connectivity index (χ4n) is 5.24. The summed E-state index contributed by atoms with van der Waals surface area (Å²) >= 11 is 1.36. The first-order valence-electron chi connectivity index (χ1n) is 12.9. The Bertz CT molecular complexity index is 1300. The summed E-state index contributed by atoms with van der Waals surface area (Å²) in [5, 5.41) is 16.4. The Balaban J connectivity index is 1.47. The Morgan fingerprint density at radius 1 is 1.13 bits per heavy atom. The highest BCUT2D eigenvalue weighted by Crippen LogP contribution is 2.46. The lowest BCUT2D eigenvalue weighted by atomic mass is 10.0. The monoisotopic (exact) mass is 552 g/mol. The van der Waals surface area contributed by atoms with E-state index in [0.717, 1.165) is 16.9 Å². The van der Waals surface area contributed by atoms with Crippen LogP contribution in [-0.2, 0) is 16.5 Å². The number of methoxy groups -OCH3 is 1. The van der Waals surface area contributed by atoms with Gasteiger partial charge < -0.3 is 24.1 Å². The number of nitrogens with zero attached hydrogens (tertiary/aromatic N) is 7. The first-order chi connectivity index (χ1) is 19.1. The molecular formula is C26H32N8O4S. The van der Waals surface area contributed by atoms with Crippen molar-refractivity contribution in [2.24, 2.45) is 7.05 Å². The number of hydrogen-bond donors (Lipinski definition) is 1. The molecule has 3 fully saturated rings. The van der Waals surface area contributed by atoms with Crippen LogP contribution in [0, 0.1) is 0 Å². The maximum Gasteiger partial charge on any atom is 0.354 e. The van der Waals surface area contributed by atoms with Gasteiger partial charge in [0.2, 0.25) is 5.16 Å². The van der Waals surface area contributed by atoms with Crippen LogP contribution in [0.25, 0.3) is 0 Å². The molecule has 3 saturated heterocycles. The second kappa shape index (κ2) is 11.1. The topological polar surface area (TPSA) is 100 Å². The van der Waals surface area contributed by atoms with E-state index in [0.29, 0.717) is 24.8 Å². The molecule has 1 N–H and O–H groups in total. The van der Waals surface area contributed by atoms with Gasteiger partial charge in [-0.1, -0.05) is 48.5 Å². The Morgan fingerprint density at radius 3 is 2.64 bits per heavy atom. The number of hydrogen-bond acceptors (Lipinski definition) is 10. The molecule has 3 aliphatic heterocycles. The van der Waals surface area contributed by atoms with Crippen molar-refractivity contribution < 1.29 is 19.0 Å². The molecule has 4 unspecified atom stereocenters. The molecule has 4 atom stereocenters. The number of urea groups is 1. The van der Waals surface area contributed by atoms with Gasteiger partial charge in [0, 0.05) is 44.2 Å². The quantitative estimate of drug-likeness (QED) is 0.441. The molecule has 0 radical (unpaired) electrons. The maximum atomic E-state index is 14.6. The molecular weight excluding hydrogens is 520 g/mol. The van der Waals surface area contributed by atoms with Crippen LogP contribution in [0.3, 0.4) is 0 Å². The highest BCUT2D eigenvalue weighted by molar-refractivity contribution is 7.96. The summed E-state index contributed by atoms with van der Waals surface area (Å²) < 4.78 is 21.4. The van der Waals surface area contributed by atoms with E-state index in [-0.39, 0.29) is 18.7 Å². The van der Waals surface area contributed by atoms with E-state index in [4.69, 9.17) is 14.2 Å². The van der Waals surface area contributed by atoms with Crippen molar-refractivity contribution in [1.82, 2.24) is 39.5 Å². The number of benzene rings is 2. The second-order valence-electron chi connectivity index (χ2n) is 9.50. The van der Waals surface area contributed by atoms with Crippen molar-refractivity contribution >= 4 is 18.0 Å². The van der Waals surface area contributed by atoms with Gasteiger partial charge in [-0.05, 0) is 18.6 Å². The van der Waals surface area contributed by atoms with Crippen molar-refractivity contribution in [1.29, 1.82) is 0 Å². The van der Waals surface area contributed by atoms with Crippen molar-refractivity contribution in [2.45, 2.75) is 36.8 Å². The molecule has 39 heavy (non-hydrogen) atoms. The number of ether oxygens (including phenoxy) is 3. The molecule has 3 aliphatic rings. The van der Waals surface area contributed by atoms with Gasteiger partial charge in [0.05, 0.1) is 19.8 Å². The SMILES string of the molecule is COc1ccccc1C1CNCCN1N1C(=O)N(C2COC(C)O2)C(c2ccccc2)N1Sc1nncn1C. The predicted octanol–water partition coefficient (Wildman–Crippen LogP) is 2.76. The van der Waals surface area contributed by atoms with Crippen LogP contribution in [0.2, 0.25) is 0 Å². The summed E-state index contributed by atoms with van der Waals surface area (Å²) in [5.41, 5.74) is 1.93. The molecule has 4 heterocycles. The van der Waals surface area contributed by atoms with Gasteiger partial charge in [-0.3, -0.25) is 4.90 Å². The summed E-state index contributed by atoms with van der Waals surface area (Å²) in [6, 6.07) is 17.5. The second-order valence-corrected chi connectivity index (χ2v) is 10.4. The third-order valence-electron chi connectivity index (χ3n) is 7.08. The Kier molecular flexibility index (Phi) is 7.42. The zero-order valence-electron chi connectivity index (χ0n) is 22.1. The van der Waals surface area contributed by atoms with Gasteiger partial charge >= 0.3 is 6.03 Å². The van der Waals surface area contributed by atoms with Crippen LogP contribution in [-0.4, -0.2) is 86.1 Å². The van der Waals surface area contributed by atoms with Crippen LogP contribution < -0.4 is 10.1 Å². The van der Waals surface area contributed by atoms with E-state index < -0.39 is 18.7 Å². The van der Waals surface area contributed by atoms with Gasteiger partial charge in [-0.25, -0.2) is 4.79 Å². The zero-order valence-corrected chi connectivity index (χ0v) is 22.9. The van der Waals surface area contributed by atoms with Gasteiger partial charge in [0.1, 0.15) is 18.2 Å². The summed E-state index contributed by atoms with van der Waals surface area (Å²) in [7, 11) is 3.56. The standard InChI is InChI=1S/C26H32N8O4S/c1-18-37-16-23(38-18)32-24(19-9-5-4-6-10-19)34(39-25-29-28-17-30(25)2)33(26(32)35)31-14-13-27-15-21(31)20-11-7-8-12-22(20)36-3/h4-12,17-18,21,23-24,27H,13-16H2,1-3H3. The smallest absolute Gasteiger partial charge is 0.354 e. The third kappa shape index (κ3) is 4.86. The van der Waals surface area contributed by atoms with Gasteiger partial charge in [-0.15, -0.1) is 14.6 Å².